The molecule has 7 nitrogen and oxygen atoms in total. The average Bonchev–Trinajstić information content (AvgIpc) is 2.84. The number of aromatic nitrogens is 2. The van der Waals surface area contributed by atoms with Crippen LogP contribution in [0.4, 0.5) is 0 Å². The number of hydrogen-bond acceptors (Lipinski definition) is 5. The fraction of sp³-hybridized carbons (Fsp3) is 0.286. The third-order valence-electron chi connectivity index (χ3n) is 3.28. The van der Waals surface area contributed by atoms with E-state index in [-0.39, 0.29) is 16.4 Å². The molecule has 22 heavy (non-hydrogen) atoms. The Bertz CT molecular complexity index is 809. The van der Waals surface area contributed by atoms with Gasteiger partial charge in [-0.25, -0.2) is 14.6 Å². The number of carbonyl (C=O) groups is 3. The highest BCUT2D eigenvalue weighted by molar-refractivity contribution is 6.45. The minimum Gasteiger partial charge on any atom is -0.476 e. The van der Waals surface area contributed by atoms with E-state index >= 15 is 0 Å². The van der Waals surface area contributed by atoms with Crippen LogP contribution in [-0.4, -0.2) is 39.3 Å². The van der Waals surface area contributed by atoms with Crippen molar-refractivity contribution in [3.05, 3.63) is 33.7 Å². The SMILES string of the molecule is CCc1c(C(=O)O)nc2cc(C)c(C(=O)C(=O)OC)c(Cl)n12. The molecule has 2 rings (SSSR count). The van der Waals surface area contributed by atoms with Crippen LogP contribution in [0.1, 0.15) is 39.0 Å². The molecule has 2 heterocycles. The summed E-state index contributed by atoms with van der Waals surface area (Å²) >= 11 is 6.25. The number of esters is 1. The number of hydrogen-bond donors (Lipinski definition) is 1. The van der Waals surface area contributed by atoms with Crippen molar-refractivity contribution in [2.45, 2.75) is 20.3 Å². The largest absolute Gasteiger partial charge is 0.476 e. The van der Waals surface area contributed by atoms with Crippen molar-refractivity contribution in [3.8, 4) is 0 Å². The van der Waals surface area contributed by atoms with Gasteiger partial charge in [-0.1, -0.05) is 18.5 Å². The fourth-order valence-corrected chi connectivity index (χ4v) is 2.72. The average molecular weight is 325 g/mol. The Morgan fingerprint density at radius 2 is 2.05 bits per heavy atom. The van der Waals surface area contributed by atoms with Gasteiger partial charge in [-0.3, -0.25) is 9.20 Å². The lowest BCUT2D eigenvalue weighted by atomic mass is 10.1. The number of rotatable bonds is 4. The molecule has 0 aromatic carbocycles. The summed E-state index contributed by atoms with van der Waals surface area (Å²) in [6, 6.07) is 1.51. The predicted molar refractivity (Wildman–Crippen MR) is 77.6 cm³/mol. The van der Waals surface area contributed by atoms with E-state index in [0.717, 1.165) is 7.11 Å². The van der Waals surface area contributed by atoms with Crippen LogP contribution in [-0.2, 0) is 16.0 Å². The van der Waals surface area contributed by atoms with E-state index in [2.05, 4.69) is 9.72 Å². The predicted octanol–water partition coefficient (Wildman–Crippen LogP) is 1.91. The number of halogens is 1. The highest BCUT2D eigenvalue weighted by Gasteiger charge is 2.27. The Kier molecular flexibility index (Phi) is 4.18. The Labute approximate surface area is 130 Å². The Hall–Kier alpha value is -2.41. The Balaban J connectivity index is 2.84. The van der Waals surface area contributed by atoms with Crippen molar-refractivity contribution < 1.29 is 24.2 Å². The van der Waals surface area contributed by atoms with E-state index in [0.29, 0.717) is 23.3 Å². The van der Waals surface area contributed by atoms with Crippen molar-refractivity contribution in [1.29, 1.82) is 0 Å². The lowest BCUT2D eigenvalue weighted by Crippen LogP contribution is -2.18. The molecule has 0 radical (unpaired) electrons. The Morgan fingerprint density at radius 1 is 1.41 bits per heavy atom. The number of aromatic carboxylic acids is 1. The number of methoxy groups -OCH3 is 1. The Morgan fingerprint density at radius 3 is 2.55 bits per heavy atom. The first-order valence-corrected chi connectivity index (χ1v) is 6.77. The van der Waals surface area contributed by atoms with Gasteiger partial charge in [0.05, 0.1) is 18.4 Å². The smallest absolute Gasteiger partial charge is 0.379 e. The number of pyridine rings is 1. The summed E-state index contributed by atoms with van der Waals surface area (Å²) in [6.07, 6.45) is 0.345. The maximum atomic E-state index is 12.1. The monoisotopic (exact) mass is 324 g/mol. The zero-order valence-corrected chi connectivity index (χ0v) is 12.9. The zero-order chi connectivity index (χ0) is 16.6. The molecule has 0 saturated carbocycles. The number of carboxylic acids is 1. The van der Waals surface area contributed by atoms with Crippen molar-refractivity contribution in [3.63, 3.8) is 0 Å². The number of carboxylic acid groups (broad SMARTS) is 1. The third kappa shape index (κ3) is 2.33. The van der Waals surface area contributed by atoms with Crippen LogP contribution >= 0.6 is 11.6 Å². The number of ketones is 1. The van der Waals surface area contributed by atoms with E-state index in [4.69, 9.17) is 11.6 Å². The first kappa shape index (κ1) is 16.0. The second kappa shape index (κ2) is 5.76. The maximum absolute atomic E-state index is 12.1. The summed E-state index contributed by atoms with van der Waals surface area (Å²) in [6.45, 7) is 3.33. The first-order chi connectivity index (χ1) is 10.3. The van der Waals surface area contributed by atoms with Crippen molar-refractivity contribution in [1.82, 2.24) is 9.38 Å². The summed E-state index contributed by atoms with van der Waals surface area (Å²) < 4.78 is 5.79. The molecule has 0 aliphatic heterocycles. The molecule has 0 saturated heterocycles. The molecule has 2 aromatic heterocycles. The van der Waals surface area contributed by atoms with Gasteiger partial charge in [0.1, 0.15) is 10.8 Å². The lowest BCUT2D eigenvalue weighted by Gasteiger charge is -2.10. The molecular weight excluding hydrogens is 312 g/mol. The van der Waals surface area contributed by atoms with E-state index < -0.39 is 17.7 Å². The molecule has 1 N–H and O–H groups in total. The third-order valence-corrected chi connectivity index (χ3v) is 3.63. The molecule has 2 aromatic rings. The van der Waals surface area contributed by atoms with E-state index in [1.165, 1.54) is 10.5 Å². The van der Waals surface area contributed by atoms with Crippen LogP contribution in [0.25, 0.3) is 5.65 Å². The first-order valence-electron chi connectivity index (χ1n) is 6.39. The molecule has 0 spiro atoms. The van der Waals surface area contributed by atoms with Gasteiger partial charge in [-0.2, -0.15) is 0 Å². The summed E-state index contributed by atoms with van der Waals surface area (Å²) in [5, 5.41) is 9.15. The van der Waals surface area contributed by atoms with Gasteiger partial charge in [0.2, 0.25) is 0 Å². The molecule has 8 heteroatoms. The second-order valence-electron chi connectivity index (χ2n) is 4.57. The summed E-state index contributed by atoms with van der Waals surface area (Å²) in [7, 11) is 1.10. The summed E-state index contributed by atoms with van der Waals surface area (Å²) in [5.74, 6) is -3.12. The van der Waals surface area contributed by atoms with Crippen LogP contribution in [0.5, 0.6) is 0 Å². The van der Waals surface area contributed by atoms with Crippen LogP contribution < -0.4 is 0 Å². The topological polar surface area (TPSA) is 98.0 Å². The quantitative estimate of drug-likeness (QED) is 0.399. The van der Waals surface area contributed by atoms with Crippen LogP contribution in [0.3, 0.4) is 0 Å². The molecule has 0 aliphatic carbocycles. The van der Waals surface area contributed by atoms with Gasteiger partial charge in [0.25, 0.3) is 5.78 Å². The molecule has 0 aliphatic rings. The van der Waals surface area contributed by atoms with E-state index in [9.17, 15) is 19.5 Å². The number of nitrogens with zero attached hydrogens (tertiary/aromatic N) is 2. The highest BCUT2D eigenvalue weighted by Crippen LogP contribution is 2.27. The number of aryl methyl sites for hydroxylation is 2. The maximum Gasteiger partial charge on any atom is 0.379 e. The van der Waals surface area contributed by atoms with E-state index in [1.807, 2.05) is 0 Å². The van der Waals surface area contributed by atoms with Gasteiger partial charge < -0.3 is 9.84 Å². The van der Waals surface area contributed by atoms with Gasteiger partial charge in [-0.05, 0) is 25.0 Å². The van der Waals surface area contributed by atoms with Crippen LogP contribution in [0.15, 0.2) is 6.07 Å². The van der Waals surface area contributed by atoms with Crippen LogP contribution in [0.2, 0.25) is 5.15 Å². The van der Waals surface area contributed by atoms with Gasteiger partial charge >= 0.3 is 11.9 Å². The number of ether oxygens (including phenoxy) is 1. The molecule has 0 atom stereocenters. The summed E-state index contributed by atoms with van der Waals surface area (Å²) in [4.78, 5) is 38.8. The van der Waals surface area contributed by atoms with Crippen molar-refractivity contribution >= 4 is 35.0 Å². The molecule has 0 bridgehead atoms. The lowest BCUT2D eigenvalue weighted by molar-refractivity contribution is -0.135. The molecule has 0 amide bonds. The molecule has 0 fully saturated rings. The molecule has 116 valence electrons. The molecular formula is C14H13ClN2O5. The van der Waals surface area contributed by atoms with E-state index in [1.54, 1.807) is 13.8 Å². The van der Waals surface area contributed by atoms with Gasteiger partial charge in [0.15, 0.2) is 5.69 Å². The number of Topliss-reactive ketones (excluding diaryl/α,β-unsaturated/α-hetero) is 1. The highest BCUT2D eigenvalue weighted by atomic mass is 35.5. The number of imidazole rings is 1. The number of carbonyl (C=O) groups excluding carboxylic acids is 2. The second-order valence-corrected chi connectivity index (χ2v) is 4.93. The van der Waals surface area contributed by atoms with Crippen LogP contribution in [0, 0.1) is 6.92 Å². The van der Waals surface area contributed by atoms with Gasteiger partial charge in [-0.15, -0.1) is 0 Å². The zero-order valence-electron chi connectivity index (χ0n) is 12.1. The van der Waals surface area contributed by atoms with Gasteiger partial charge in [0, 0.05) is 0 Å². The normalized spacial score (nSPS) is 10.7. The van der Waals surface area contributed by atoms with Crippen molar-refractivity contribution in [2.75, 3.05) is 7.11 Å². The van der Waals surface area contributed by atoms with Crippen molar-refractivity contribution in [2.24, 2.45) is 0 Å². The minimum atomic E-state index is -1.19. The standard InChI is InChI=1S/C14H13ClN2O5/c1-4-7-10(13(19)20)16-8-5-6(2)9(12(15)17(7)8)11(18)14(21)22-3/h5H,4H2,1-3H3,(H,19,20). The fourth-order valence-electron chi connectivity index (χ4n) is 2.29. The summed E-state index contributed by atoms with van der Waals surface area (Å²) in [5.41, 5.74) is 0.915. The minimum absolute atomic E-state index is 0.0231. The molecule has 0 unspecified atom stereocenters. The number of fused-ring (bicyclic) bond motifs is 1.